The average Bonchev–Trinajstić information content (AvgIpc) is 3.95. The van der Waals surface area contributed by atoms with E-state index in [4.69, 9.17) is 13.3 Å². The molecule has 12 aromatic rings. The van der Waals surface area contributed by atoms with Gasteiger partial charge in [-0.05, 0) is 76.0 Å². The van der Waals surface area contributed by atoms with Crippen LogP contribution >= 0.6 is 0 Å². The fourth-order valence-corrected chi connectivity index (χ4v) is 8.67. The minimum absolute atomic E-state index is 0.779. The van der Waals surface area contributed by atoms with Gasteiger partial charge in [-0.1, -0.05) is 140 Å². The third kappa shape index (κ3) is 4.60. The van der Waals surface area contributed by atoms with E-state index in [0.29, 0.717) is 0 Å². The summed E-state index contributed by atoms with van der Waals surface area (Å²) in [4.78, 5) is 2.28. The topological polar surface area (TPSA) is 42.7 Å². The average molecular weight is 718 g/mol. The van der Waals surface area contributed by atoms with Crippen molar-refractivity contribution in [1.29, 1.82) is 0 Å². The summed E-state index contributed by atoms with van der Waals surface area (Å²) < 4.78 is 20.6. The van der Waals surface area contributed by atoms with Gasteiger partial charge in [0.1, 0.15) is 22.3 Å². The molecule has 4 heteroatoms. The third-order valence-electron chi connectivity index (χ3n) is 11.2. The summed E-state index contributed by atoms with van der Waals surface area (Å²) in [5.74, 6) is 0. The van der Waals surface area contributed by atoms with Crippen molar-refractivity contribution in [2.24, 2.45) is 0 Å². The Labute approximate surface area is 321 Å². The molecule has 56 heavy (non-hydrogen) atoms. The Bertz CT molecular complexity index is 3480. The van der Waals surface area contributed by atoms with Crippen molar-refractivity contribution in [2.75, 3.05) is 4.90 Å². The molecule has 262 valence electrons. The SMILES string of the molecule is c1ccc(-c2ccc(N(c3cccc4c3oc3ccccc34)c3cccc4c3oc3c(-c5ccc6ccccc6c5)c5c(cc34)oc3ccccc35)cc2)cc1. The maximum atomic E-state index is 7.28. The number of hydrogen-bond acceptors (Lipinski definition) is 4. The van der Waals surface area contributed by atoms with Gasteiger partial charge in [-0.3, -0.25) is 0 Å². The van der Waals surface area contributed by atoms with E-state index in [2.05, 4.69) is 163 Å². The smallest absolute Gasteiger partial charge is 0.159 e. The highest BCUT2D eigenvalue weighted by molar-refractivity contribution is 6.25. The summed E-state index contributed by atoms with van der Waals surface area (Å²) in [6.07, 6.45) is 0. The number of rotatable bonds is 5. The van der Waals surface area contributed by atoms with Crippen LogP contribution in [-0.2, 0) is 0 Å². The summed E-state index contributed by atoms with van der Waals surface area (Å²) in [6.45, 7) is 0. The molecule has 0 N–H and O–H groups in total. The molecule has 0 atom stereocenters. The van der Waals surface area contributed by atoms with Gasteiger partial charge in [-0.25, -0.2) is 0 Å². The Hall–Kier alpha value is -7.56. The Morgan fingerprint density at radius 1 is 0.321 bits per heavy atom. The van der Waals surface area contributed by atoms with E-state index in [9.17, 15) is 0 Å². The largest absolute Gasteiger partial charge is 0.456 e. The lowest BCUT2D eigenvalue weighted by Crippen LogP contribution is -2.10. The van der Waals surface area contributed by atoms with E-state index >= 15 is 0 Å². The van der Waals surface area contributed by atoms with Crippen LogP contribution < -0.4 is 4.90 Å². The minimum Gasteiger partial charge on any atom is -0.456 e. The normalized spacial score (nSPS) is 11.9. The quantitative estimate of drug-likeness (QED) is 0.178. The monoisotopic (exact) mass is 717 g/mol. The van der Waals surface area contributed by atoms with Crippen LogP contribution in [0.2, 0.25) is 0 Å². The van der Waals surface area contributed by atoms with Crippen LogP contribution in [-0.4, -0.2) is 0 Å². The zero-order valence-electron chi connectivity index (χ0n) is 30.1. The Kier molecular flexibility index (Phi) is 6.60. The lowest BCUT2D eigenvalue weighted by atomic mass is 9.95. The molecule has 3 heterocycles. The van der Waals surface area contributed by atoms with Crippen LogP contribution in [0.25, 0.3) is 98.8 Å². The van der Waals surface area contributed by atoms with Crippen LogP contribution in [0.4, 0.5) is 17.1 Å². The summed E-state index contributed by atoms with van der Waals surface area (Å²) in [5, 5.41) is 8.62. The molecule has 0 amide bonds. The second-order valence-corrected chi connectivity index (χ2v) is 14.4. The Morgan fingerprint density at radius 2 is 0.911 bits per heavy atom. The molecule has 0 saturated heterocycles. The predicted octanol–water partition coefficient (Wildman–Crippen LogP) is 15.3. The first-order valence-corrected chi connectivity index (χ1v) is 18.9. The van der Waals surface area contributed by atoms with Gasteiger partial charge in [0.05, 0.1) is 11.4 Å². The van der Waals surface area contributed by atoms with Crippen molar-refractivity contribution in [3.63, 3.8) is 0 Å². The standard InChI is InChI=1S/C52H31NO3/c1-2-12-32(13-3-1)34-26-28-37(29-27-34)53(43-20-10-18-39-38-16-6-8-22-45(38)55-50(39)43)44-21-11-19-40-42-31-47-49(41-17-7-9-23-46(41)54-47)48(52(42)56-51(40)44)36-25-24-33-14-4-5-15-35(33)30-36/h1-31H. The van der Waals surface area contributed by atoms with Crippen molar-refractivity contribution in [3.8, 4) is 22.3 Å². The van der Waals surface area contributed by atoms with E-state index < -0.39 is 0 Å². The molecule has 0 unspecified atom stereocenters. The van der Waals surface area contributed by atoms with Gasteiger partial charge in [0.2, 0.25) is 0 Å². The van der Waals surface area contributed by atoms with Gasteiger partial charge < -0.3 is 18.2 Å². The van der Waals surface area contributed by atoms with Crippen LogP contribution in [0, 0.1) is 0 Å². The van der Waals surface area contributed by atoms with Gasteiger partial charge in [0, 0.05) is 43.6 Å². The second-order valence-electron chi connectivity index (χ2n) is 14.4. The van der Waals surface area contributed by atoms with Crippen LogP contribution in [0.3, 0.4) is 0 Å². The summed E-state index contributed by atoms with van der Waals surface area (Å²) in [6, 6.07) is 65.9. The number of hydrogen-bond donors (Lipinski definition) is 0. The molecule has 0 fully saturated rings. The second kappa shape index (κ2) is 12.0. The maximum Gasteiger partial charge on any atom is 0.159 e. The summed E-state index contributed by atoms with van der Waals surface area (Å²) in [7, 11) is 0. The molecule has 0 saturated carbocycles. The lowest BCUT2D eigenvalue weighted by molar-refractivity contribution is 0.664. The first kappa shape index (κ1) is 30.9. The highest BCUT2D eigenvalue weighted by Crippen LogP contribution is 2.50. The minimum atomic E-state index is 0.779. The molecule has 12 rings (SSSR count). The van der Waals surface area contributed by atoms with Gasteiger partial charge in [-0.15, -0.1) is 0 Å². The van der Waals surface area contributed by atoms with Crippen LogP contribution in [0.5, 0.6) is 0 Å². The number of benzene rings is 9. The van der Waals surface area contributed by atoms with Crippen molar-refractivity contribution in [2.45, 2.75) is 0 Å². The maximum absolute atomic E-state index is 7.28. The molecule has 0 aliphatic carbocycles. The van der Waals surface area contributed by atoms with E-state index in [-0.39, 0.29) is 0 Å². The van der Waals surface area contributed by atoms with Gasteiger partial charge >= 0.3 is 0 Å². The third-order valence-corrected chi connectivity index (χ3v) is 11.2. The first-order valence-electron chi connectivity index (χ1n) is 18.9. The molecular formula is C52H31NO3. The highest BCUT2D eigenvalue weighted by atomic mass is 16.3. The van der Waals surface area contributed by atoms with Crippen molar-refractivity contribution < 1.29 is 13.3 Å². The number of nitrogens with zero attached hydrogens (tertiary/aromatic N) is 1. The number of anilines is 3. The van der Waals surface area contributed by atoms with E-state index in [1.54, 1.807) is 0 Å². The van der Waals surface area contributed by atoms with E-state index in [0.717, 1.165) is 99.6 Å². The molecule has 9 aromatic carbocycles. The van der Waals surface area contributed by atoms with Crippen molar-refractivity contribution >= 4 is 93.7 Å². The number of para-hydroxylation sites is 4. The van der Waals surface area contributed by atoms with Crippen LogP contribution in [0.15, 0.2) is 201 Å². The van der Waals surface area contributed by atoms with Crippen molar-refractivity contribution in [3.05, 3.63) is 188 Å². The first-order chi connectivity index (χ1) is 27.8. The zero-order valence-corrected chi connectivity index (χ0v) is 30.1. The molecule has 4 nitrogen and oxygen atoms in total. The number of furan rings is 3. The molecule has 0 spiro atoms. The lowest BCUT2D eigenvalue weighted by Gasteiger charge is -2.25. The molecule has 0 radical (unpaired) electrons. The van der Waals surface area contributed by atoms with Gasteiger partial charge in [0.15, 0.2) is 11.2 Å². The zero-order chi connectivity index (χ0) is 36.7. The van der Waals surface area contributed by atoms with Gasteiger partial charge in [0.25, 0.3) is 0 Å². The fraction of sp³-hybridized carbons (Fsp3) is 0. The molecule has 3 aromatic heterocycles. The molecule has 0 aliphatic heterocycles. The summed E-state index contributed by atoms with van der Waals surface area (Å²) in [5.41, 5.74) is 12.2. The molecule has 0 aliphatic rings. The van der Waals surface area contributed by atoms with Crippen molar-refractivity contribution in [1.82, 2.24) is 0 Å². The van der Waals surface area contributed by atoms with Crippen LogP contribution in [0.1, 0.15) is 0 Å². The van der Waals surface area contributed by atoms with E-state index in [1.807, 2.05) is 30.3 Å². The fourth-order valence-electron chi connectivity index (χ4n) is 8.67. The predicted molar refractivity (Wildman–Crippen MR) is 231 cm³/mol. The van der Waals surface area contributed by atoms with E-state index in [1.165, 1.54) is 16.3 Å². The molecular weight excluding hydrogens is 687 g/mol. The van der Waals surface area contributed by atoms with Gasteiger partial charge in [-0.2, -0.15) is 0 Å². The Morgan fingerprint density at radius 3 is 1.70 bits per heavy atom. The Balaban J connectivity index is 1.16. The highest BCUT2D eigenvalue weighted by Gasteiger charge is 2.26. The summed E-state index contributed by atoms with van der Waals surface area (Å²) >= 11 is 0. The molecule has 0 bridgehead atoms. The number of fused-ring (bicyclic) bond motifs is 10.